The van der Waals surface area contributed by atoms with E-state index in [-0.39, 0.29) is 16.3 Å². The second-order valence-corrected chi connectivity index (χ2v) is 3.85. The zero-order valence-corrected chi connectivity index (χ0v) is 7.15. The van der Waals surface area contributed by atoms with E-state index in [1.54, 1.807) is 0 Å². The number of phenolic OH excluding ortho intramolecular Hbond substituents is 1. The van der Waals surface area contributed by atoms with E-state index in [0.717, 1.165) is 18.2 Å². The van der Waals surface area contributed by atoms with E-state index < -0.39 is 10.0 Å². The second kappa shape index (κ2) is 3.11. The van der Waals surface area contributed by atoms with Crippen molar-refractivity contribution in [2.24, 2.45) is 10.3 Å². The largest absolute Gasteiger partial charge is 0.506 e. The lowest BCUT2D eigenvalue weighted by molar-refractivity contribution is 0.476. The summed E-state index contributed by atoms with van der Waals surface area (Å²) >= 11 is 0. The fourth-order valence-corrected chi connectivity index (χ4v) is 1.29. The maximum atomic E-state index is 10.8. The number of phenols is 1. The number of aromatic hydroxyl groups is 1. The van der Waals surface area contributed by atoms with Crippen molar-refractivity contribution in [3.8, 4) is 5.75 Å². The molecule has 7 heteroatoms. The van der Waals surface area contributed by atoms with Crippen molar-refractivity contribution in [1.29, 1.82) is 0 Å². The average Bonchev–Trinajstić information content (AvgIpc) is 2.03. The monoisotopic (exact) mass is 202 g/mol. The first-order chi connectivity index (χ1) is 5.95. The molecule has 1 rings (SSSR count). The predicted molar refractivity (Wildman–Crippen MR) is 44.9 cm³/mol. The SMILES string of the molecule is NS(=O)(=O)c1ccc(O)c(N=O)c1. The fourth-order valence-electron chi connectivity index (χ4n) is 0.753. The van der Waals surface area contributed by atoms with Crippen molar-refractivity contribution in [2.45, 2.75) is 4.90 Å². The van der Waals surface area contributed by atoms with Gasteiger partial charge in [0, 0.05) is 0 Å². The molecule has 0 aliphatic heterocycles. The zero-order chi connectivity index (χ0) is 10.1. The van der Waals surface area contributed by atoms with Crippen LogP contribution in [0.25, 0.3) is 0 Å². The highest BCUT2D eigenvalue weighted by Gasteiger charge is 2.10. The molecule has 0 aliphatic carbocycles. The van der Waals surface area contributed by atoms with E-state index in [9.17, 15) is 13.3 Å². The lowest BCUT2D eigenvalue weighted by Crippen LogP contribution is -2.11. The third-order valence-corrected chi connectivity index (χ3v) is 2.28. The van der Waals surface area contributed by atoms with Crippen LogP contribution >= 0.6 is 0 Å². The molecule has 0 aromatic heterocycles. The van der Waals surface area contributed by atoms with Gasteiger partial charge in [-0.25, -0.2) is 13.6 Å². The molecule has 6 nitrogen and oxygen atoms in total. The summed E-state index contributed by atoms with van der Waals surface area (Å²) in [5.74, 6) is -0.387. The van der Waals surface area contributed by atoms with E-state index in [4.69, 9.17) is 10.2 Å². The number of hydrogen-bond acceptors (Lipinski definition) is 5. The van der Waals surface area contributed by atoms with Crippen LogP contribution in [0.3, 0.4) is 0 Å². The van der Waals surface area contributed by atoms with E-state index in [1.807, 2.05) is 0 Å². The quantitative estimate of drug-likeness (QED) is 0.677. The molecule has 0 heterocycles. The van der Waals surface area contributed by atoms with Gasteiger partial charge in [-0.1, -0.05) is 0 Å². The fraction of sp³-hybridized carbons (Fsp3) is 0. The molecule has 0 saturated carbocycles. The predicted octanol–water partition coefficient (Wildman–Crippen LogP) is 0.438. The average molecular weight is 202 g/mol. The molecule has 0 saturated heterocycles. The minimum Gasteiger partial charge on any atom is -0.506 e. The molecule has 3 N–H and O–H groups in total. The normalized spacial score (nSPS) is 11.2. The van der Waals surface area contributed by atoms with Crippen molar-refractivity contribution < 1.29 is 13.5 Å². The minimum atomic E-state index is -3.86. The minimum absolute atomic E-state index is 0.264. The molecular formula is C6H6N2O4S. The van der Waals surface area contributed by atoms with Crippen LogP contribution in [0.2, 0.25) is 0 Å². The van der Waals surface area contributed by atoms with Gasteiger partial charge < -0.3 is 5.11 Å². The topological polar surface area (TPSA) is 110 Å². The summed E-state index contributed by atoms with van der Waals surface area (Å²) in [5.41, 5.74) is -0.355. The molecule has 0 bridgehead atoms. The van der Waals surface area contributed by atoms with Crippen molar-refractivity contribution in [2.75, 3.05) is 0 Å². The maximum absolute atomic E-state index is 10.8. The van der Waals surface area contributed by atoms with Gasteiger partial charge in [-0.15, -0.1) is 4.91 Å². The summed E-state index contributed by atoms with van der Waals surface area (Å²) < 4.78 is 21.5. The molecule has 0 unspecified atom stereocenters. The highest BCUT2D eigenvalue weighted by Crippen LogP contribution is 2.27. The van der Waals surface area contributed by atoms with Crippen molar-refractivity contribution in [3.63, 3.8) is 0 Å². The third-order valence-electron chi connectivity index (χ3n) is 1.37. The highest BCUT2D eigenvalue weighted by molar-refractivity contribution is 7.89. The summed E-state index contributed by atoms with van der Waals surface area (Å²) in [6.45, 7) is 0. The molecule has 0 amide bonds. The second-order valence-electron chi connectivity index (χ2n) is 2.29. The summed E-state index contributed by atoms with van der Waals surface area (Å²) in [6.07, 6.45) is 0. The Morgan fingerprint density at radius 2 is 2.00 bits per heavy atom. The van der Waals surface area contributed by atoms with Crippen LogP contribution in [0.4, 0.5) is 5.69 Å². The van der Waals surface area contributed by atoms with Crippen LogP contribution < -0.4 is 5.14 Å². The standard InChI is InChI=1S/C6H6N2O4S/c7-13(11,12)4-1-2-6(9)5(3-4)8-10/h1-3,9H,(H2,7,11,12). The summed E-state index contributed by atoms with van der Waals surface area (Å²) in [4.78, 5) is 9.80. The van der Waals surface area contributed by atoms with Crippen LogP contribution in [-0.2, 0) is 10.0 Å². The van der Waals surface area contributed by atoms with Crippen LogP contribution in [0, 0.1) is 4.91 Å². The highest BCUT2D eigenvalue weighted by atomic mass is 32.2. The number of nitroso groups, excluding NO2 is 1. The molecule has 13 heavy (non-hydrogen) atoms. The van der Waals surface area contributed by atoms with Crippen LogP contribution in [-0.4, -0.2) is 13.5 Å². The number of nitrogens with zero attached hydrogens (tertiary/aromatic N) is 1. The number of sulfonamides is 1. The van der Waals surface area contributed by atoms with Gasteiger partial charge in [0.25, 0.3) is 0 Å². The molecule has 70 valence electrons. The first kappa shape index (κ1) is 9.62. The Hall–Kier alpha value is -1.47. The molecule has 0 radical (unpaired) electrons. The Morgan fingerprint density at radius 1 is 1.38 bits per heavy atom. The number of nitrogens with two attached hydrogens (primary N) is 1. The molecule has 1 aromatic rings. The molecule has 1 aromatic carbocycles. The zero-order valence-electron chi connectivity index (χ0n) is 6.34. The lowest BCUT2D eigenvalue weighted by atomic mass is 10.3. The summed E-state index contributed by atoms with van der Waals surface area (Å²) in [5, 5.41) is 16.2. The maximum Gasteiger partial charge on any atom is 0.238 e. The molecule has 0 atom stereocenters. The van der Waals surface area contributed by atoms with Crippen LogP contribution in [0.15, 0.2) is 28.3 Å². The smallest absolute Gasteiger partial charge is 0.238 e. The van der Waals surface area contributed by atoms with E-state index in [0.29, 0.717) is 0 Å². The Labute approximate surface area is 74.0 Å². The number of hydrogen-bond donors (Lipinski definition) is 2. The van der Waals surface area contributed by atoms with Crippen molar-refractivity contribution in [1.82, 2.24) is 0 Å². The van der Waals surface area contributed by atoms with E-state index in [1.165, 1.54) is 0 Å². The third kappa shape index (κ3) is 2.01. The Balaban J connectivity index is 3.38. The van der Waals surface area contributed by atoms with Gasteiger partial charge in [-0.3, -0.25) is 0 Å². The van der Waals surface area contributed by atoms with Crippen molar-refractivity contribution in [3.05, 3.63) is 23.1 Å². The van der Waals surface area contributed by atoms with Gasteiger partial charge in [-0.05, 0) is 23.4 Å². The van der Waals surface area contributed by atoms with Gasteiger partial charge >= 0.3 is 0 Å². The summed E-state index contributed by atoms with van der Waals surface area (Å²) in [6, 6.07) is 3.02. The Bertz CT molecular complexity index is 440. The number of rotatable bonds is 2. The van der Waals surface area contributed by atoms with Crippen molar-refractivity contribution >= 4 is 15.7 Å². The van der Waals surface area contributed by atoms with Gasteiger partial charge in [0.1, 0.15) is 5.75 Å². The van der Waals surface area contributed by atoms with Crippen LogP contribution in [0.1, 0.15) is 0 Å². The molecule has 0 spiro atoms. The van der Waals surface area contributed by atoms with Gasteiger partial charge in [0.15, 0.2) is 5.69 Å². The van der Waals surface area contributed by atoms with Crippen LogP contribution in [0.5, 0.6) is 5.75 Å². The lowest BCUT2D eigenvalue weighted by Gasteiger charge is -1.99. The first-order valence-electron chi connectivity index (χ1n) is 3.14. The van der Waals surface area contributed by atoms with Gasteiger partial charge in [0.2, 0.25) is 10.0 Å². The Kier molecular flexibility index (Phi) is 2.30. The molecular weight excluding hydrogens is 196 g/mol. The van der Waals surface area contributed by atoms with E-state index >= 15 is 0 Å². The number of benzene rings is 1. The Morgan fingerprint density at radius 3 is 2.46 bits per heavy atom. The van der Waals surface area contributed by atoms with E-state index in [2.05, 4.69) is 5.18 Å². The van der Waals surface area contributed by atoms with Gasteiger partial charge in [-0.2, -0.15) is 0 Å². The molecule has 0 fully saturated rings. The molecule has 0 aliphatic rings. The first-order valence-corrected chi connectivity index (χ1v) is 4.69. The van der Waals surface area contributed by atoms with Gasteiger partial charge in [0.05, 0.1) is 4.90 Å². The number of primary sulfonamides is 1. The summed E-state index contributed by atoms with van der Waals surface area (Å²) in [7, 11) is -3.86.